The summed E-state index contributed by atoms with van der Waals surface area (Å²) in [6.45, 7) is 4.73. The molecule has 5 heteroatoms. The summed E-state index contributed by atoms with van der Waals surface area (Å²) >= 11 is 0. The maximum Gasteiger partial charge on any atom is 0.243 e. The van der Waals surface area contributed by atoms with Crippen LogP contribution in [0.15, 0.2) is 53.4 Å². The Balaban J connectivity index is 1.71. The molecule has 1 saturated heterocycles. The minimum Gasteiger partial charge on any atom is -0.294 e. The van der Waals surface area contributed by atoms with Crippen LogP contribution in [-0.2, 0) is 16.4 Å². The molecule has 0 saturated carbocycles. The lowest BCUT2D eigenvalue weighted by Crippen LogP contribution is -2.40. The van der Waals surface area contributed by atoms with Crippen LogP contribution < -0.4 is 0 Å². The topological polar surface area (TPSA) is 54.5 Å². The number of hydrogen-bond acceptors (Lipinski definition) is 3. The first-order valence-corrected chi connectivity index (χ1v) is 10.6. The zero-order valence-electron chi connectivity index (χ0n) is 15.3. The normalized spacial score (nSPS) is 16.5. The van der Waals surface area contributed by atoms with Gasteiger partial charge in [-0.05, 0) is 37.8 Å². The highest BCUT2D eigenvalue weighted by Crippen LogP contribution is 2.28. The van der Waals surface area contributed by atoms with E-state index in [2.05, 4.69) is 0 Å². The third-order valence-electron chi connectivity index (χ3n) is 5.13. The fourth-order valence-electron chi connectivity index (χ4n) is 3.50. The lowest BCUT2D eigenvalue weighted by Gasteiger charge is -2.31. The van der Waals surface area contributed by atoms with Gasteiger partial charge in [0, 0.05) is 24.6 Å². The molecule has 1 aliphatic rings. The van der Waals surface area contributed by atoms with Crippen molar-refractivity contribution in [3.05, 3.63) is 65.2 Å². The van der Waals surface area contributed by atoms with Gasteiger partial charge in [0.05, 0.1) is 4.90 Å². The molecule has 0 bridgehead atoms. The molecule has 26 heavy (non-hydrogen) atoms. The van der Waals surface area contributed by atoms with Crippen LogP contribution in [0, 0.1) is 12.8 Å². The number of hydrogen-bond donors (Lipinski definition) is 0. The second-order valence-electron chi connectivity index (χ2n) is 6.87. The molecule has 4 nitrogen and oxygen atoms in total. The first-order valence-electron chi connectivity index (χ1n) is 9.12. The Morgan fingerprint density at radius 1 is 1.04 bits per heavy atom. The Labute approximate surface area is 155 Å². The molecule has 0 N–H and O–H groups in total. The van der Waals surface area contributed by atoms with E-state index in [-0.39, 0.29) is 11.7 Å². The minimum absolute atomic E-state index is 0.106. The number of rotatable bonds is 5. The molecule has 0 unspecified atom stereocenters. The van der Waals surface area contributed by atoms with Crippen LogP contribution in [0.25, 0.3) is 0 Å². The average Bonchev–Trinajstić information content (AvgIpc) is 2.68. The van der Waals surface area contributed by atoms with Gasteiger partial charge in [0.1, 0.15) is 0 Å². The third kappa shape index (κ3) is 3.74. The van der Waals surface area contributed by atoms with Gasteiger partial charge in [-0.3, -0.25) is 4.79 Å². The molecule has 1 aliphatic heterocycles. The van der Waals surface area contributed by atoms with E-state index in [9.17, 15) is 13.2 Å². The second-order valence-corrected chi connectivity index (χ2v) is 8.78. The molecule has 2 aromatic carbocycles. The van der Waals surface area contributed by atoms with Gasteiger partial charge in [0.25, 0.3) is 0 Å². The summed E-state index contributed by atoms with van der Waals surface area (Å²) in [7, 11) is -3.50. The number of carbonyl (C=O) groups is 1. The highest BCUT2D eigenvalue weighted by atomic mass is 32.2. The summed E-state index contributed by atoms with van der Waals surface area (Å²) in [4.78, 5) is 13.1. The number of aryl methyl sites for hydroxylation is 2. The van der Waals surface area contributed by atoms with Crippen LogP contribution in [0.4, 0.5) is 0 Å². The van der Waals surface area contributed by atoms with Crippen molar-refractivity contribution >= 4 is 15.8 Å². The number of nitrogens with zero attached hydrogens (tertiary/aromatic N) is 1. The number of sulfonamides is 1. The van der Waals surface area contributed by atoms with Crippen LogP contribution in [0.1, 0.15) is 41.3 Å². The van der Waals surface area contributed by atoms with Crippen LogP contribution in [-0.4, -0.2) is 31.6 Å². The number of piperidine rings is 1. The molecule has 0 aromatic heterocycles. The fraction of sp³-hybridized carbons (Fsp3) is 0.381. The van der Waals surface area contributed by atoms with Gasteiger partial charge in [-0.2, -0.15) is 4.31 Å². The Kier molecular flexibility index (Phi) is 5.58. The summed E-state index contributed by atoms with van der Waals surface area (Å²) < 4.78 is 27.5. The Morgan fingerprint density at radius 2 is 1.65 bits per heavy atom. The molecule has 3 rings (SSSR count). The van der Waals surface area contributed by atoms with Gasteiger partial charge in [-0.25, -0.2) is 8.42 Å². The van der Waals surface area contributed by atoms with Gasteiger partial charge in [-0.15, -0.1) is 0 Å². The summed E-state index contributed by atoms with van der Waals surface area (Å²) in [5.41, 5.74) is 2.68. The molecule has 1 fully saturated rings. The first-order chi connectivity index (χ1) is 12.4. The van der Waals surface area contributed by atoms with Gasteiger partial charge in [-0.1, -0.05) is 55.0 Å². The number of ketones is 1. The second kappa shape index (κ2) is 7.72. The van der Waals surface area contributed by atoms with Gasteiger partial charge in [0.15, 0.2) is 5.78 Å². The predicted molar refractivity (Wildman–Crippen MR) is 103 cm³/mol. The van der Waals surface area contributed by atoms with Crippen molar-refractivity contribution in [2.45, 2.75) is 38.0 Å². The average molecular weight is 372 g/mol. The maximum absolute atomic E-state index is 13.0. The van der Waals surface area contributed by atoms with E-state index in [0.717, 1.165) is 11.1 Å². The molecule has 0 amide bonds. The monoisotopic (exact) mass is 371 g/mol. The molecular weight excluding hydrogens is 346 g/mol. The van der Waals surface area contributed by atoms with E-state index in [1.807, 2.05) is 50.2 Å². The smallest absolute Gasteiger partial charge is 0.243 e. The van der Waals surface area contributed by atoms with E-state index in [1.54, 1.807) is 12.1 Å². The summed E-state index contributed by atoms with van der Waals surface area (Å²) in [5.74, 6) is 0.0154. The lowest BCUT2D eigenvalue weighted by molar-refractivity contribution is 0.0875. The molecule has 0 radical (unpaired) electrons. The summed E-state index contributed by atoms with van der Waals surface area (Å²) in [6, 6.07) is 14.8. The first kappa shape index (κ1) is 18.8. The van der Waals surface area contributed by atoms with Gasteiger partial charge in [0.2, 0.25) is 10.0 Å². The van der Waals surface area contributed by atoms with Crippen LogP contribution in [0.2, 0.25) is 0 Å². The molecule has 0 atom stereocenters. The summed E-state index contributed by atoms with van der Waals surface area (Å²) in [6.07, 6.45) is 1.82. The standard InChI is InChI=1S/C21H25NO3S/c1-3-17-6-4-5-7-20(17)26(24,25)22-14-12-19(13-15-22)21(23)18-10-8-16(2)9-11-18/h4-11,19H,3,12-15H2,1-2H3. The van der Waals surface area contributed by atoms with Gasteiger partial charge < -0.3 is 0 Å². The van der Waals surface area contributed by atoms with E-state index in [0.29, 0.717) is 42.8 Å². The Morgan fingerprint density at radius 3 is 2.27 bits per heavy atom. The molecule has 1 heterocycles. The highest BCUT2D eigenvalue weighted by molar-refractivity contribution is 7.89. The summed E-state index contributed by atoms with van der Waals surface area (Å²) in [5, 5.41) is 0. The van der Waals surface area contributed by atoms with Crippen molar-refractivity contribution in [2.75, 3.05) is 13.1 Å². The predicted octanol–water partition coefficient (Wildman–Crippen LogP) is 3.84. The molecule has 2 aromatic rings. The van der Waals surface area contributed by atoms with E-state index >= 15 is 0 Å². The third-order valence-corrected chi connectivity index (χ3v) is 7.13. The van der Waals surface area contributed by atoms with Crippen molar-refractivity contribution in [2.24, 2.45) is 5.92 Å². The molecule has 138 valence electrons. The Bertz CT molecular complexity index is 880. The zero-order valence-corrected chi connectivity index (χ0v) is 16.1. The maximum atomic E-state index is 13.0. The number of carbonyl (C=O) groups excluding carboxylic acids is 1. The molecule has 0 spiro atoms. The highest BCUT2D eigenvalue weighted by Gasteiger charge is 2.33. The SMILES string of the molecule is CCc1ccccc1S(=O)(=O)N1CCC(C(=O)c2ccc(C)cc2)CC1. The number of benzene rings is 2. The van der Waals surface area contributed by atoms with Crippen LogP contribution in [0.3, 0.4) is 0 Å². The minimum atomic E-state index is -3.50. The van der Waals surface area contributed by atoms with Crippen molar-refractivity contribution in [3.63, 3.8) is 0 Å². The van der Waals surface area contributed by atoms with E-state index in [4.69, 9.17) is 0 Å². The lowest BCUT2D eigenvalue weighted by atomic mass is 9.89. The number of Topliss-reactive ketones (excluding diaryl/α,β-unsaturated/α-hetero) is 1. The van der Waals surface area contributed by atoms with Crippen molar-refractivity contribution in [1.29, 1.82) is 0 Å². The molecular formula is C21H25NO3S. The van der Waals surface area contributed by atoms with E-state index < -0.39 is 10.0 Å². The fourth-order valence-corrected chi connectivity index (χ4v) is 5.26. The zero-order chi connectivity index (χ0) is 18.7. The Hall–Kier alpha value is -1.98. The van der Waals surface area contributed by atoms with Crippen LogP contribution in [0.5, 0.6) is 0 Å². The largest absolute Gasteiger partial charge is 0.294 e. The van der Waals surface area contributed by atoms with Crippen molar-refractivity contribution in [1.82, 2.24) is 4.31 Å². The molecule has 0 aliphatic carbocycles. The van der Waals surface area contributed by atoms with Crippen LogP contribution >= 0.6 is 0 Å². The van der Waals surface area contributed by atoms with Gasteiger partial charge >= 0.3 is 0 Å². The van der Waals surface area contributed by atoms with E-state index in [1.165, 1.54) is 4.31 Å². The van der Waals surface area contributed by atoms with Crippen molar-refractivity contribution < 1.29 is 13.2 Å². The van der Waals surface area contributed by atoms with Crippen molar-refractivity contribution in [3.8, 4) is 0 Å². The quantitative estimate of drug-likeness (QED) is 0.751.